The maximum absolute atomic E-state index is 12.3. The number of amides is 1. The van der Waals surface area contributed by atoms with E-state index in [9.17, 15) is 14.7 Å². The molecular formula is C27H33ClLiNO4-2. The van der Waals surface area contributed by atoms with Gasteiger partial charge in [0, 0.05) is 0 Å². The molecule has 0 heterocycles. The molecule has 0 radical (unpaired) electrons. The van der Waals surface area contributed by atoms with Crippen molar-refractivity contribution in [2.75, 3.05) is 6.61 Å². The fourth-order valence-corrected chi connectivity index (χ4v) is 3.07. The normalized spacial score (nSPS) is 11.6. The molecule has 0 aromatic heterocycles. The summed E-state index contributed by atoms with van der Waals surface area (Å²) in [5.74, 6) is -0.796. The van der Waals surface area contributed by atoms with Crippen LogP contribution in [0.5, 0.6) is 0 Å². The third-order valence-corrected chi connectivity index (χ3v) is 4.69. The van der Waals surface area contributed by atoms with Gasteiger partial charge in [-0.2, -0.15) is 24.6 Å². The van der Waals surface area contributed by atoms with E-state index in [2.05, 4.69) is 24.4 Å². The number of carbonyl (C=O) groups excluding carboxylic acids is 2. The Morgan fingerprint density at radius 1 is 1.24 bits per heavy atom. The number of carbonyl (C=O) groups is 2. The molecule has 34 heavy (non-hydrogen) atoms. The maximum Gasteiger partial charge on any atom is 1.00 e. The van der Waals surface area contributed by atoms with Crippen LogP contribution < -0.4 is 24.2 Å². The number of hydrogen-bond donors (Lipinski definition) is 2. The summed E-state index contributed by atoms with van der Waals surface area (Å²) in [5, 5.41) is 12.9. The fraction of sp³-hybridized carbons (Fsp3) is 0.370. The van der Waals surface area contributed by atoms with Gasteiger partial charge in [0.1, 0.15) is 11.5 Å². The molecule has 0 unspecified atom stereocenters. The van der Waals surface area contributed by atoms with Gasteiger partial charge in [-0.1, -0.05) is 37.6 Å². The predicted octanol–water partition coefficient (Wildman–Crippen LogP) is 2.10. The molecule has 1 amide bonds. The van der Waals surface area contributed by atoms with Crippen molar-refractivity contribution in [3.63, 3.8) is 0 Å². The van der Waals surface area contributed by atoms with Gasteiger partial charge in [-0.25, -0.2) is 12.1 Å². The van der Waals surface area contributed by atoms with Crippen LogP contribution in [0, 0.1) is 19.1 Å². The van der Waals surface area contributed by atoms with Gasteiger partial charge in [-0.3, -0.25) is 15.2 Å². The van der Waals surface area contributed by atoms with Gasteiger partial charge >= 0.3 is 24.8 Å². The van der Waals surface area contributed by atoms with Crippen LogP contribution >= 0.6 is 11.6 Å². The number of benzene rings is 2. The first-order valence-corrected chi connectivity index (χ1v) is 11.2. The summed E-state index contributed by atoms with van der Waals surface area (Å²) in [6.07, 6.45) is 5.07. The summed E-state index contributed by atoms with van der Waals surface area (Å²) in [4.78, 5) is 24.2. The molecule has 1 atom stereocenters. The van der Waals surface area contributed by atoms with Crippen LogP contribution in [0.25, 0.3) is 6.08 Å². The van der Waals surface area contributed by atoms with E-state index in [1.165, 1.54) is 6.08 Å². The number of halogens is 1. The van der Waals surface area contributed by atoms with Gasteiger partial charge < -0.3 is 28.2 Å². The Bertz CT molecular complexity index is 937. The quantitative estimate of drug-likeness (QED) is 0.264. The van der Waals surface area contributed by atoms with Crippen molar-refractivity contribution in [1.29, 1.82) is 0 Å². The third kappa shape index (κ3) is 11.4. The Labute approximate surface area is 221 Å². The zero-order valence-electron chi connectivity index (χ0n) is 21.0. The molecule has 5 nitrogen and oxygen atoms in total. The fourth-order valence-electron chi connectivity index (χ4n) is 2.82. The van der Waals surface area contributed by atoms with Crippen molar-refractivity contribution in [3.05, 3.63) is 82.7 Å². The van der Waals surface area contributed by atoms with Crippen molar-refractivity contribution in [3.8, 4) is 0 Å². The molecule has 0 fully saturated rings. The predicted molar refractivity (Wildman–Crippen MR) is 132 cm³/mol. The van der Waals surface area contributed by atoms with Crippen molar-refractivity contribution in [2.24, 2.45) is 0 Å². The molecule has 0 aliphatic rings. The number of aliphatic hydroxyl groups is 1. The Morgan fingerprint density at radius 3 is 2.35 bits per heavy atom. The van der Waals surface area contributed by atoms with Crippen molar-refractivity contribution in [1.82, 2.24) is 5.32 Å². The zero-order valence-corrected chi connectivity index (χ0v) is 21.8. The second-order valence-corrected chi connectivity index (χ2v) is 8.53. The average molecular weight is 478 g/mol. The molecule has 0 aliphatic heterocycles. The Kier molecular flexibility index (Phi) is 14.8. The summed E-state index contributed by atoms with van der Waals surface area (Å²) in [6.45, 7) is 12.2. The molecule has 2 N–H and O–H groups in total. The molecule has 0 spiro atoms. The van der Waals surface area contributed by atoms with Gasteiger partial charge in [0.25, 0.3) is 0 Å². The number of aliphatic hydroxyl groups excluding tert-OH is 1. The molecular weight excluding hydrogens is 445 g/mol. The van der Waals surface area contributed by atoms with Gasteiger partial charge in [0.15, 0.2) is 0 Å². The van der Waals surface area contributed by atoms with Crippen molar-refractivity contribution in [2.45, 2.75) is 59.1 Å². The van der Waals surface area contributed by atoms with Crippen LogP contribution in [0.2, 0.25) is 5.02 Å². The number of aryl methyl sites for hydroxylation is 1. The van der Waals surface area contributed by atoms with Crippen LogP contribution in [0.1, 0.15) is 62.9 Å². The molecule has 2 aromatic rings. The van der Waals surface area contributed by atoms with E-state index in [4.69, 9.17) is 16.3 Å². The van der Waals surface area contributed by atoms with Gasteiger partial charge in [-0.05, 0) is 31.9 Å². The van der Waals surface area contributed by atoms with Crippen molar-refractivity contribution >= 4 is 29.6 Å². The van der Waals surface area contributed by atoms with E-state index in [-0.39, 0.29) is 37.9 Å². The minimum atomic E-state index is -0.606. The topological polar surface area (TPSA) is 75.6 Å². The van der Waals surface area contributed by atoms with Crippen LogP contribution in [0.3, 0.4) is 0 Å². The summed E-state index contributed by atoms with van der Waals surface area (Å²) < 4.78 is 5.32. The number of nitrogens with one attached hydrogen (secondary N) is 1. The average Bonchev–Trinajstić information content (AvgIpc) is 2.77. The summed E-state index contributed by atoms with van der Waals surface area (Å²) in [5.41, 5.74) is 2.59. The summed E-state index contributed by atoms with van der Waals surface area (Å²) in [7, 11) is 0. The standard InChI is InChI=1S/C25H28ClNO4.C2H5.Li/c1-5-17-6-9-19(21(26)14-17)12-13-23(29)27-22(16-28)20-10-7-18(8-11-20)15-24(30)31-25(2,3)4;1-2;/h6-8,10-12,14,22,28H,5,15-16H2,1-4H3,(H,27,29);1H2,2H3;/q-2;-1;+1/t22-;;/m1../s1. The number of ether oxygens (including phenoxy) is 1. The SMILES string of the molecule is CCc1c[c-]c(C=[C-]C(=O)N[C@H](CO)c2ccc(CC(=O)OC(C)(C)C)cc2)c(Cl)c1.[CH2-]C.[Li+]. The van der Waals surface area contributed by atoms with Crippen LogP contribution in [-0.4, -0.2) is 29.2 Å². The Morgan fingerprint density at radius 2 is 1.85 bits per heavy atom. The van der Waals surface area contributed by atoms with E-state index >= 15 is 0 Å². The van der Waals surface area contributed by atoms with Gasteiger partial charge in [-0.15, -0.1) is 16.7 Å². The van der Waals surface area contributed by atoms with Gasteiger partial charge in [0.05, 0.1) is 19.1 Å². The second kappa shape index (κ2) is 15.8. The van der Waals surface area contributed by atoms with E-state index in [1.807, 2.05) is 39.8 Å². The molecule has 0 aliphatic carbocycles. The van der Waals surface area contributed by atoms with E-state index in [0.29, 0.717) is 16.1 Å². The maximum atomic E-state index is 12.3. The van der Waals surface area contributed by atoms with Crippen molar-refractivity contribution < 1.29 is 38.3 Å². The number of esters is 1. The molecule has 0 saturated carbocycles. The second-order valence-electron chi connectivity index (χ2n) is 8.13. The van der Waals surface area contributed by atoms with E-state index < -0.39 is 17.6 Å². The molecule has 0 bridgehead atoms. The molecule has 0 saturated heterocycles. The molecule has 180 valence electrons. The first kappa shape index (κ1) is 32.0. The van der Waals surface area contributed by atoms with Crippen LogP contribution in [-0.2, 0) is 27.2 Å². The summed E-state index contributed by atoms with van der Waals surface area (Å²) in [6, 6.07) is 13.2. The first-order chi connectivity index (χ1) is 15.6. The van der Waals surface area contributed by atoms with Crippen LogP contribution in [0.15, 0.2) is 36.4 Å². The zero-order chi connectivity index (χ0) is 25.0. The first-order valence-electron chi connectivity index (χ1n) is 10.8. The molecule has 7 heteroatoms. The smallest absolute Gasteiger partial charge is 0.460 e. The van der Waals surface area contributed by atoms with Gasteiger partial charge in [0.2, 0.25) is 0 Å². The van der Waals surface area contributed by atoms with E-state index in [0.717, 1.165) is 17.5 Å². The van der Waals surface area contributed by atoms with Crippen LogP contribution in [0.4, 0.5) is 0 Å². The molecule has 2 rings (SSSR count). The molecule has 2 aromatic carbocycles. The van der Waals surface area contributed by atoms with E-state index in [1.54, 1.807) is 31.2 Å². The minimum Gasteiger partial charge on any atom is -0.460 e. The largest absolute Gasteiger partial charge is 1.00 e. The monoisotopic (exact) mass is 477 g/mol. The minimum absolute atomic E-state index is 0. The third-order valence-electron chi connectivity index (χ3n) is 4.38. The number of hydrogen-bond acceptors (Lipinski definition) is 4. The Balaban J connectivity index is 0.00000353. The Hall–Kier alpha value is -2.03. The number of rotatable bonds is 8. The summed E-state index contributed by atoms with van der Waals surface area (Å²) >= 11 is 6.20.